The molecule has 2 N–H and O–H groups in total. The molecule has 0 unspecified atom stereocenters. The lowest BCUT2D eigenvalue weighted by atomic mass is 10.00. The summed E-state index contributed by atoms with van der Waals surface area (Å²) in [5, 5.41) is 30.4. The number of aliphatic hydroxyl groups excluding tert-OH is 2. The van der Waals surface area contributed by atoms with Crippen LogP contribution in [0.1, 0.15) is 6.92 Å². The number of hydrogen-bond acceptors (Lipinski definition) is 9. The lowest BCUT2D eigenvalue weighted by Crippen LogP contribution is -2.58. The van der Waals surface area contributed by atoms with Crippen LogP contribution in [-0.2, 0) is 14.2 Å². The Kier molecular flexibility index (Phi) is 6.02. The summed E-state index contributed by atoms with van der Waals surface area (Å²) in [6.45, 7) is 1.60. The van der Waals surface area contributed by atoms with Gasteiger partial charge in [-0.05, 0) is 19.1 Å². The molecule has 5 atom stereocenters. The van der Waals surface area contributed by atoms with Crippen LogP contribution in [-0.4, -0.2) is 58.2 Å². The first-order chi connectivity index (χ1) is 11.3. The van der Waals surface area contributed by atoms with Crippen molar-refractivity contribution in [3.63, 3.8) is 0 Å². The number of non-ortho nitro benzene ring substituents is 1. The van der Waals surface area contributed by atoms with Crippen LogP contribution in [0.15, 0.2) is 24.3 Å². The van der Waals surface area contributed by atoms with Gasteiger partial charge >= 0.3 is 5.24 Å². The molecule has 10 heteroatoms. The second kappa shape index (κ2) is 7.81. The van der Waals surface area contributed by atoms with E-state index < -0.39 is 35.6 Å². The molecule has 1 aromatic rings. The molecule has 1 aromatic carbocycles. The second-order valence-electron chi connectivity index (χ2n) is 5.11. The van der Waals surface area contributed by atoms with Crippen molar-refractivity contribution in [3.8, 4) is 5.75 Å². The third-order valence-electron chi connectivity index (χ3n) is 3.50. The average Bonchev–Trinajstić information content (AvgIpc) is 2.55. The van der Waals surface area contributed by atoms with Crippen LogP contribution < -0.4 is 4.74 Å². The van der Waals surface area contributed by atoms with E-state index in [1.54, 1.807) is 6.92 Å². The van der Waals surface area contributed by atoms with Crippen LogP contribution >= 0.6 is 12.2 Å². The fourth-order valence-corrected chi connectivity index (χ4v) is 2.41. The first kappa shape index (κ1) is 18.5. The Hall–Kier alpha value is -1.85. The first-order valence-corrected chi connectivity index (χ1v) is 7.41. The summed E-state index contributed by atoms with van der Waals surface area (Å²) < 4.78 is 20.8. The van der Waals surface area contributed by atoms with Gasteiger partial charge in [-0.3, -0.25) is 10.1 Å². The molecule has 1 aliphatic heterocycles. The van der Waals surface area contributed by atoms with Gasteiger partial charge in [0.1, 0.15) is 18.0 Å². The molecule has 1 aliphatic rings. The number of benzene rings is 1. The van der Waals surface area contributed by atoms with E-state index in [1.165, 1.54) is 31.4 Å². The quantitative estimate of drug-likeness (QED) is 0.456. The minimum atomic E-state index is -1.28. The van der Waals surface area contributed by atoms with Crippen molar-refractivity contribution in [3.05, 3.63) is 34.4 Å². The summed E-state index contributed by atoms with van der Waals surface area (Å²) in [5.41, 5.74) is -0.0961. The van der Waals surface area contributed by atoms with E-state index in [9.17, 15) is 20.3 Å². The Bertz CT molecular complexity index is 595. The highest BCUT2D eigenvalue weighted by molar-refractivity contribution is 7.79. The maximum atomic E-state index is 10.6. The van der Waals surface area contributed by atoms with Gasteiger partial charge in [0.25, 0.3) is 5.69 Å². The molecule has 0 amide bonds. The molecule has 1 fully saturated rings. The molecule has 0 saturated carbocycles. The molecule has 24 heavy (non-hydrogen) atoms. The summed E-state index contributed by atoms with van der Waals surface area (Å²) >= 11 is 4.94. The van der Waals surface area contributed by atoms with Gasteiger partial charge in [0.05, 0.1) is 11.0 Å². The fraction of sp³-hybridized carbons (Fsp3) is 0.500. The Labute approximate surface area is 142 Å². The molecule has 0 radical (unpaired) electrons. The van der Waals surface area contributed by atoms with Crippen molar-refractivity contribution in [1.29, 1.82) is 0 Å². The molecule has 1 saturated heterocycles. The van der Waals surface area contributed by atoms with Gasteiger partial charge in [0, 0.05) is 31.5 Å². The van der Waals surface area contributed by atoms with E-state index in [0.29, 0.717) is 0 Å². The number of nitro groups is 1. The largest absolute Gasteiger partial charge is 0.447 e. The van der Waals surface area contributed by atoms with Crippen LogP contribution in [0.5, 0.6) is 5.75 Å². The topological polar surface area (TPSA) is 121 Å². The van der Waals surface area contributed by atoms with Gasteiger partial charge in [0.15, 0.2) is 12.4 Å². The van der Waals surface area contributed by atoms with Crippen molar-refractivity contribution in [2.45, 2.75) is 37.6 Å². The molecular weight excluding hydrogens is 342 g/mol. The number of nitrogens with zero attached hydrogens (tertiary/aromatic N) is 1. The van der Waals surface area contributed by atoms with Gasteiger partial charge in [-0.15, -0.1) is 0 Å². The zero-order valence-corrected chi connectivity index (χ0v) is 13.7. The third kappa shape index (κ3) is 4.16. The molecule has 1 heterocycles. The van der Waals surface area contributed by atoms with Crippen molar-refractivity contribution < 1.29 is 34.1 Å². The predicted molar refractivity (Wildman–Crippen MR) is 84.6 cm³/mol. The van der Waals surface area contributed by atoms with Gasteiger partial charge in [0.2, 0.25) is 0 Å². The number of hydrogen-bond donors (Lipinski definition) is 2. The minimum absolute atomic E-state index is 0.0961. The summed E-state index contributed by atoms with van der Waals surface area (Å²) in [6.07, 6.45) is -5.16. The number of thiocarbonyl (C=S) groups is 1. The van der Waals surface area contributed by atoms with Gasteiger partial charge in [-0.2, -0.15) is 0 Å². The highest BCUT2D eigenvalue weighted by Crippen LogP contribution is 2.25. The van der Waals surface area contributed by atoms with Crippen molar-refractivity contribution in [1.82, 2.24) is 0 Å². The number of rotatable bonds is 4. The van der Waals surface area contributed by atoms with Crippen molar-refractivity contribution >= 4 is 23.1 Å². The highest BCUT2D eigenvalue weighted by atomic mass is 32.1. The minimum Gasteiger partial charge on any atom is -0.447 e. The molecule has 0 spiro atoms. The number of methoxy groups -OCH3 is 1. The van der Waals surface area contributed by atoms with Crippen LogP contribution in [0.4, 0.5) is 5.69 Å². The summed E-state index contributed by atoms with van der Waals surface area (Å²) in [7, 11) is 1.35. The van der Waals surface area contributed by atoms with E-state index in [-0.39, 0.29) is 16.7 Å². The smallest absolute Gasteiger partial charge is 0.358 e. The third-order valence-corrected chi connectivity index (χ3v) is 3.67. The number of aliphatic hydroxyl groups is 2. The second-order valence-corrected chi connectivity index (χ2v) is 5.45. The summed E-state index contributed by atoms with van der Waals surface area (Å²) in [4.78, 5) is 10.1. The van der Waals surface area contributed by atoms with E-state index in [0.717, 1.165) is 0 Å². The molecule has 0 bridgehead atoms. The SMILES string of the molecule is CO[C@@H]1O[C@@H](C)[C@@H](O)[C@@H](OC(=S)Oc2ccc([N+](=O)[O-])cc2)[C@@H]1O. The van der Waals surface area contributed by atoms with Crippen molar-refractivity contribution in [2.24, 2.45) is 0 Å². The lowest BCUT2D eigenvalue weighted by Gasteiger charge is -2.40. The molecular formula is C14H17NO8S. The van der Waals surface area contributed by atoms with Gasteiger partial charge in [-0.25, -0.2) is 0 Å². The molecule has 0 aromatic heterocycles. The maximum absolute atomic E-state index is 10.6. The maximum Gasteiger partial charge on any atom is 0.358 e. The van der Waals surface area contributed by atoms with Gasteiger partial charge in [-0.1, -0.05) is 0 Å². The van der Waals surface area contributed by atoms with Crippen LogP contribution in [0.3, 0.4) is 0 Å². The molecule has 2 rings (SSSR count). The number of nitro benzene ring substituents is 1. The van der Waals surface area contributed by atoms with E-state index >= 15 is 0 Å². The Morgan fingerprint density at radius 3 is 2.46 bits per heavy atom. The molecule has 132 valence electrons. The van der Waals surface area contributed by atoms with Crippen LogP contribution in [0, 0.1) is 10.1 Å². The highest BCUT2D eigenvalue weighted by Gasteiger charge is 2.45. The van der Waals surface area contributed by atoms with E-state index in [2.05, 4.69) is 0 Å². The summed E-state index contributed by atoms with van der Waals surface area (Å²) in [6, 6.07) is 5.20. The molecule has 0 aliphatic carbocycles. The number of ether oxygens (including phenoxy) is 4. The fourth-order valence-electron chi connectivity index (χ4n) is 2.20. The monoisotopic (exact) mass is 359 g/mol. The predicted octanol–water partition coefficient (Wildman–Crippen LogP) is 0.757. The van der Waals surface area contributed by atoms with Gasteiger partial charge < -0.3 is 29.2 Å². The first-order valence-electron chi connectivity index (χ1n) is 7.00. The van der Waals surface area contributed by atoms with E-state index in [4.69, 9.17) is 31.2 Å². The van der Waals surface area contributed by atoms with Crippen LogP contribution in [0.25, 0.3) is 0 Å². The van der Waals surface area contributed by atoms with Crippen LogP contribution in [0.2, 0.25) is 0 Å². The Morgan fingerprint density at radius 2 is 1.92 bits per heavy atom. The zero-order valence-electron chi connectivity index (χ0n) is 12.9. The Morgan fingerprint density at radius 1 is 1.29 bits per heavy atom. The van der Waals surface area contributed by atoms with E-state index in [1.807, 2.05) is 0 Å². The zero-order chi connectivity index (χ0) is 17.9. The normalized spacial score (nSPS) is 29.8. The van der Waals surface area contributed by atoms with Crippen molar-refractivity contribution in [2.75, 3.05) is 7.11 Å². The average molecular weight is 359 g/mol. The molecule has 9 nitrogen and oxygen atoms in total. The summed E-state index contributed by atoms with van der Waals surface area (Å²) in [5.74, 6) is 0.220. The standard InChI is InChI=1S/C14H17NO8S/c1-7-10(16)12(11(17)13(20-2)21-7)23-14(24)22-9-5-3-8(4-6-9)15(18)19/h3-7,10-13,16-17H,1-2H3/t7-,10+,11-,12+,13+/m0/s1. The lowest BCUT2D eigenvalue weighted by molar-refractivity contribution is -0.384. The Balaban J connectivity index is 2.00.